The second-order valence-corrected chi connectivity index (χ2v) is 9.64. The molecule has 0 saturated heterocycles. The van der Waals surface area contributed by atoms with E-state index in [0.29, 0.717) is 29.2 Å². The Balaban J connectivity index is 1.42. The number of benzene rings is 4. The molecule has 11 heteroatoms. The van der Waals surface area contributed by atoms with Crippen LogP contribution < -0.4 is 14.3 Å². The molecule has 0 aromatic heterocycles. The first-order valence-corrected chi connectivity index (χ1v) is 12.9. The molecular formula is C28H21F3N2O5S. The molecule has 4 aromatic rings. The van der Waals surface area contributed by atoms with Gasteiger partial charge in [0.1, 0.15) is 16.4 Å². The van der Waals surface area contributed by atoms with Crippen molar-refractivity contribution in [3.05, 3.63) is 120 Å². The Hall–Kier alpha value is -4.64. The van der Waals surface area contributed by atoms with Gasteiger partial charge in [0.05, 0.1) is 18.2 Å². The lowest BCUT2D eigenvalue weighted by Gasteiger charge is -2.11. The third kappa shape index (κ3) is 7.45. The molecule has 0 aliphatic rings. The highest BCUT2D eigenvalue weighted by atomic mass is 32.2. The van der Waals surface area contributed by atoms with Crippen LogP contribution in [-0.4, -0.2) is 20.5 Å². The molecule has 0 heterocycles. The SMILES string of the molecule is O=C(Cc1ccccc1Oc1ccccc1)NN=Cc1ccccc1OS(=O)(=O)c1ccc(C(F)(F)F)cc1. The van der Waals surface area contributed by atoms with Gasteiger partial charge in [-0.2, -0.15) is 26.7 Å². The Morgan fingerprint density at radius 1 is 0.821 bits per heavy atom. The zero-order valence-electron chi connectivity index (χ0n) is 20.1. The van der Waals surface area contributed by atoms with Crippen LogP contribution in [0.15, 0.2) is 113 Å². The molecule has 7 nitrogen and oxygen atoms in total. The Kier molecular flexibility index (Phi) is 8.30. The van der Waals surface area contributed by atoms with Gasteiger partial charge in [0.15, 0.2) is 5.75 Å². The number of hydrazone groups is 1. The van der Waals surface area contributed by atoms with Crippen molar-refractivity contribution in [3.8, 4) is 17.2 Å². The molecule has 1 amide bonds. The second kappa shape index (κ2) is 11.8. The van der Waals surface area contributed by atoms with Gasteiger partial charge in [0.25, 0.3) is 0 Å². The number of rotatable bonds is 9. The highest BCUT2D eigenvalue weighted by Gasteiger charge is 2.31. The van der Waals surface area contributed by atoms with Crippen LogP contribution in [0.4, 0.5) is 13.2 Å². The molecule has 4 aromatic carbocycles. The number of nitrogens with zero attached hydrogens (tertiary/aromatic N) is 1. The quantitative estimate of drug-likeness (QED) is 0.157. The first-order chi connectivity index (χ1) is 18.6. The summed E-state index contributed by atoms with van der Waals surface area (Å²) in [7, 11) is -4.44. The molecule has 0 unspecified atom stereocenters. The minimum atomic E-state index is -4.60. The lowest BCUT2D eigenvalue weighted by molar-refractivity contribution is -0.137. The number of hydrogen-bond acceptors (Lipinski definition) is 6. The van der Waals surface area contributed by atoms with Gasteiger partial charge in [-0.1, -0.05) is 48.5 Å². The van der Waals surface area contributed by atoms with E-state index in [2.05, 4.69) is 10.5 Å². The lowest BCUT2D eigenvalue weighted by Crippen LogP contribution is -2.20. The van der Waals surface area contributed by atoms with Crippen molar-refractivity contribution >= 4 is 22.2 Å². The van der Waals surface area contributed by atoms with Gasteiger partial charge < -0.3 is 8.92 Å². The van der Waals surface area contributed by atoms with E-state index in [1.54, 1.807) is 42.5 Å². The van der Waals surface area contributed by atoms with Gasteiger partial charge >= 0.3 is 16.3 Å². The summed E-state index contributed by atoms with van der Waals surface area (Å²) in [6, 6.07) is 25.0. The van der Waals surface area contributed by atoms with E-state index in [4.69, 9.17) is 8.92 Å². The van der Waals surface area contributed by atoms with Crippen molar-refractivity contribution < 1.29 is 35.3 Å². The van der Waals surface area contributed by atoms with E-state index in [1.807, 2.05) is 18.2 Å². The van der Waals surface area contributed by atoms with Crippen molar-refractivity contribution in [2.75, 3.05) is 0 Å². The second-order valence-electron chi connectivity index (χ2n) is 8.09. The van der Waals surface area contributed by atoms with Crippen LogP contribution in [0.1, 0.15) is 16.7 Å². The average Bonchev–Trinajstić information content (AvgIpc) is 2.91. The minimum absolute atomic E-state index is 0.0409. The third-order valence-electron chi connectivity index (χ3n) is 5.28. The Morgan fingerprint density at radius 2 is 1.44 bits per heavy atom. The van der Waals surface area contributed by atoms with Crippen LogP contribution in [0.2, 0.25) is 0 Å². The molecule has 0 aliphatic carbocycles. The standard InChI is InChI=1S/C28H21F3N2O5S/c29-28(30,31)22-14-16-24(17-15-22)39(35,36)38-26-13-7-5-9-21(26)19-32-33-27(34)18-20-8-4-6-12-25(20)37-23-10-2-1-3-11-23/h1-17,19H,18H2,(H,33,34). The molecule has 0 radical (unpaired) electrons. The normalized spacial score (nSPS) is 11.8. The highest BCUT2D eigenvalue weighted by Crippen LogP contribution is 2.30. The molecule has 1 N–H and O–H groups in total. The summed E-state index contributed by atoms with van der Waals surface area (Å²) in [4.78, 5) is 12.1. The Morgan fingerprint density at radius 3 is 2.13 bits per heavy atom. The fraction of sp³-hybridized carbons (Fsp3) is 0.0714. The molecule has 0 saturated carbocycles. The van der Waals surface area contributed by atoms with E-state index in [0.717, 1.165) is 12.1 Å². The van der Waals surface area contributed by atoms with E-state index in [-0.39, 0.29) is 17.7 Å². The summed E-state index contributed by atoms with van der Waals surface area (Å²) in [5.41, 5.74) is 2.22. The zero-order chi connectivity index (χ0) is 27.9. The number of nitrogens with one attached hydrogen (secondary N) is 1. The molecule has 4 rings (SSSR count). The van der Waals surface area contributed by atoms with Gasteiger partial charge in [-0.25, -0.2) is 5.43 Å². The summed E-state index contributed by atoms with van der Waals surface area (Å²) >= 11 is 0. The maximum atomic E-state index is 12.8. The smallest absolute Gasteiger partial charge is 0.416 e. The number of amides is 1. The molecule has 0 bridgehead atoms. The maximum Gasteiger partial charge on any atom is 0.416 e. The fourth-order valence-corrected chi connectivity index (χ4v) is 4.35. The monoisotopic (exact) mass is 554 g/mol. The van der Waals surface area contributed by atoms with Crippen molar-refractivity contribution in [2.24, 2.45) is 5.10 Å². The van der Waals surface area contributed by atoms with Gasteiger partial charge in [0, 0.05) is 11.1 Å². The fourth-order valence-electron chi connectivity index (χ4n) is 3.39. The highest BCUT2D eigenvalue weighted by molar-refractivity contribution is 7.87. The first kappa shape index (κ1) is 27.4. The summed E-state index contributed by atoms with van der Waals surface area (Å²) in [6.07, 6.45) is -3.45. The molecule has 39 heavy (non-hydrogen) atoms. The zero-order valence-corrected chi connectivity index (χ0v) is 20.9. The first-order valence-electron chi connectivity index (χ1n) is 11.5. The number of hydrogen-bond donors (Lipinski definition) is 1. The number of alkyl halides is 3. The van der Waals surface area contributed by atoms with Crippen molar-refractivity contribution in [1.82, 2.24) is 5.43 Å². The maximum absolute atomic E-state index is 12.8. The van der Waals surface area contributed by atoms with Crippen molar-refractivity contribution in [3.63, 3.8) is 0 Å². The van der Waals surface area contributed by atoms with Crippen LogP contribution in [0.5, 0.6) is 17.2 Å². The molecular weight excluding hydrogens is 533 g/mol. The van der Waals surface area contributed by atoms with Crippen molar-refractivity contribution in [1.29, 1.82) is 0 Å². The summed E-state index contributed by atoms with van der Waals surface area (Å²) < 4.78 is 74.6. The number of para-hydroxylation sites is 3. The van der Waals surface area contributed by atoms with E-state index in [9.17, 15) is 26.4 Å². The van der Waals surface area contributed by atoms with E-state index < -0.39 is 32.7 Å². The van der Waals surface area contributed by atoms with Crippen LogP contribution in [-0.2, 0) is 27.5 Å². The number of carbonyl (C=O) groups is 1. The van der Waals surface area contributed by atoms with Gasteiger partial charge in [0.2, 0.25) is 5.91 Å². The van der Waals surface area contributed by atoms with E-state index in [1.165, 1.54) is 24.4 Å². The molecule has 0 spiro atoms. The van der Waals surface area contributed by atoms with Gasteiger partial charge in [-0.3, -0.25) is 4.79 Å². The van der Waals surface area contributed by atoms with Crippen LogP contribution >= 0.6 is 0 Å². The average molecular weight is 555 g/mol. The Bertz CT molecular complexity index is 1570. The number of halogens is 3. The number of carbonyl (C=O) groups excluding carboxylic acids is 1. The molecule has 0 atom stereocenters. The van der Waals surface area contributed by atoms with Crippen LogP contribution in [0.3, 0.4) is 0 Å². The third-order valence-corrected chi connectivity index (χ3v) is 6.52. The largest absolute Gasteiger partial charge is 0.457 e. The summed E-state index contributed by atoms with van der Waals surface area (Å²) in [5, 5.41) is 3.89. The van der Waals surface area contributed by atoms with E-state index >= 15 is 0 Å². The molecule has 200 valence electrons. The number of ether oxygens (including phenoxy) is 1. The van der Waals surface area contributed by atoms with Crippen LogP contribution in [0, 0.1) is 0 Å². The Labute approximate surface area is 222 Å². The molecule has 0 aliphatic heterocycles. The predicted molar refractivity (Wildman–Crippen MR) is 138 cm³/mol. The van der Waals surface area contributed by atoms with Crippen LogP contribution in [0.25, 0.3) is 0 Å². The predicted octanol–water partition coefficient (Wildman–Crippen LogP) is 5.96. The minimum Gasteiger partial charge on any atom is -0.457 e. The van der Waals surface area contributed by atoms with Crippen molar-refractivity contribution in [2.45, 2.75) is 17.5 Å². The molecule has 0 fully saturated rings. The van der Waals surface area contributed by atoms with Gasteiger partial charge in [-0.05, 0) is 54.6 Å². The lowest BCUT2D eigenvalue weighted by atomic mass is 10.1. The summed E-state index contributed by atoms with van der Waals surface area (Å²) in [5.74, 6) is 0.546. The van der Waals surface area contributed by atoms with Gasteiger partial charge in [-0.15, -0.1) is 0 Å². The topological polar surface area (TPSA) is 94.1 Å². The summed E-state index contributed by atoms with van der Waals surface area (Å²) in [6.45, 7) is 0.